The summed E-state index contributed by atoms with van der Waals surface area (Å²) < 4.78 is 80.9. The van der Waals surface area contributed by atoms with Gasteiger partial charge in [-0.3, -0.25) is 4.98 Å². The van der Waals surface area contributed by atoms with Crippen LogP contribution in [0.5, 0.6) is 0 Å². The second-order valence-corrected chi connectivity index (χ2v) is 11.8. The number of sulfonamides is 1. The van der Waals surface area contributed by atoms with Gasteiger partial charge in [0.15, 0.2) is 0 Å². The molecule has 2 N–H and O–H groups in total. The van der Waals surface area contributed by atoms with E-state index in [9.17, 15) is 26.0 Å². The van der Waals surface area contributed by atoms with E-state index in [1.807, 2.05) is 23.1 Å². The number of hydrogen-bond donors (Lipinski definition) is 1. The van der Waals surface area contributed by atoms with Crippen LogP contribution in [-0.4, -0.2) is 35.8 Å². The van der Waals surface area contributed by atoms with E-state index >= 15 is 0 Å². The Morgan fingerprint density at radius 2 is 1.79 bits per heavy atom. The highest BCUT2D eigenvalue weighted by atomic mass is 32.2. The number of halogens is 4. The van der Waals surface area contributed by atoms with Gasteiger partial charge in [0.1, 0.15) is 5.82 Å². The Kier molecular flexibility index (Phi) is 7.08. The molecule has 38 heavy (non-hydrogen) atoms. The first-order valence-corrected chi connectivity index (χ1v) is 13.9. The van der Waals surface area contributed by atoms with E-state index in [-0.39, 0.29) is 31.4 Å². The fourth-order valence-electron chi connectivity index (χ4n) is 5.11. The fraction of sp³-hybridized carbons (Fsp3) is 0.370. The maximum Gasteiger partial charge on any atom is 0.511 e. The molecule has 0 bridgehead atoms. The van der Waals surface area contributed by atoms with Crippen molar-refractivity contribution in [2.45, 2.75) is 56.2 Å². The van der Waals surface area contributed by atoms with Gasteiger partial charge in [0.2, 0.25) is 0 Å². The van der Waals surface area contributed by atoms with Crippen molar-refractivity contribution in [3.8, 4) is 0 Å². The molecule has 0 saturated heterocycles. The predicted octanol–water partition coefficient (Wildman–Crippen LogP) is 5.35. The predicted molar refractivity (Wildman–Crippen MR) is 137 cm³/mol. The quantitative estimate of drug-likeness (QED) is 0.403. The molecule has 1 aromatic heterocycles. The molecule has 1 aliphatic carbocycles. The lowest BCUT2D eigenvalue weighted by molar-refractivity contribution is -0.0492. The number of alkyl halides is 3. The number of nitrogen functional groups attached to an aromatic ring is 1. The molecule has 2 aromatic carbocycles. The molecule has 1 saturated carbocycles. The summed E-state index contributed by atoms with van der Waals surface area (Å²) in [5.41, 5.74) is 4.64. The van der Waals surface area contributed by atoms with Gasteiger partial charge in [-0.2, -0.15) is 17.5 Å². The number of aromatic nitrogens is 1. The van der Waals surface area contributed by atoms with Crippen molar-refractivity contribution in [3.05, 3.63) is 89.0 Å². The number of anilines is 2. The molecule has 5 rings (SSSR count). The van der Waals surface area contributed by atoms with E-state index in [4.69, 9.17) is 5.73 Å². The number of benzene rings is 2. The molecule has 202 valence electrons. The van der Waals surface area contributed by atoms with E-state index in [1.165, 1.54) is 12.1 Å². The summed E-state index contributed by atoms with van der Waals surface area (Å²) in [6.07, 6.45) is 4.15. The summed E-state index contributed by atoms with van der Waals surface area (Å²) in [6, 6.07) is 14.2. The average molecular weight is 549 g/mol. The van der Waals surface area contributed by atoms with Crippen LogP contribution in [-0.2, 0) is 29.5 Å². The van der Waals surface area contributed by atoms with Crippen molar-refractivity contribution < 1.29 is 26.0 Å². The molecule has 0 radical (unpaired) electrons. The zero-order valence-electron chi connectivity index (χ0n) is 20.5. The molecule has 0 unspecified atom stereocenters. The van der Waals surface area contributed by atoms with Gasteiger partial charge in [-0.1, -0.05) is 24.3 Å². The van der Waals surface area contributed by atoms with Crippen molar-refractivity contribution in [2.24, 2.45) is 0 Å². The Morgan fingerprint density at radius 3 is 2.45 bits per heavy atom. The standard InChI is InChI=1S/C27H28F4N4O2S/c28-20-9-4-18(5-10-20)6-11-23-16-34(38(36,37)27(29,30)31)17-25-24(19-7-8-19)2-1-3-26(25)35(23)15-22-14-21(32)12-13-33-22/h1-5,9-10,12-14,19,23H,6-8,11,15-17H2,(H2,32,33)/t23-/m1/s1. The maximum atomic E-state index is 13.8. The highest BCUT2D eigenvalue weighted by Gasteiger charge is 2.51. The van der Waals surface area contributed by atoms with E-state index in [2.05, 4.69) is 4.98 Å². The van der Waals surface area contributed by atoms with Crippen LogP contribution in [0, 0.1) is 5.82 Å². The topological polar surface area (TPSA) is 79.5 Å². The monoisotopic (exact) mass is 548 g/mol. The van der Waals surface area contributed by atoms with Crippen LogP contribution in [0.2, 0.25) is 0 Å². The number of rotatable bonds is 7. The number of pyridine rings is 1. The van der Waals surface area contributed by atoms with Crippen LogP contribution in [0.15, 0.2) is 60.8 Å². The van der Waals surface area contributed by atoms with E-state index in [0.29, 0.717) is 39.8 Å². The molecule has 0 spiro atoms. The summed E-state index contributed by atoms with van der Waals surface area (Å²) in [4.78, 5) is 6.36. The number of fused-ring (bicyclic) bond motifs is 1. The van der Waals surface area contributed by atoms with Crippen LogP contribution in [0.3, 0.4) is 0 Å². The maximum absolute atomic E-state index is 13.8. The third-order valence-electron chi connectivity index (χ3n) is 7.19. The number of nitrogens with zero attached hydrogens (tertiary/aromatic N) is 3. The molecule has 2 heterocycles. The van der Waals surface area contributed by atoms with Crippen molar-refractivity contribution >= 4 is 21.4 Å². The van der Waals surface area contributed by atoms with Gasteiger partial charge in [-0.15, -0.1) is 0 Å². The lowest BCUT2D eigenvalue weighted by Crippen LogP contribution is -2.47. The second kappa shape index (κ2) is 10.2. The van der Waals surface area contributed by atoms with Crippen molar-refractivity contribution in [3.63, 3.8) is 0 Å². The van der Waals surface area contributed by atoms with Crippen LogP contribution in [0.25, 0.3) is 0 Å². The minimum absolute atomic E-state index is 0.198. The lowest BCUT2D eigenvalue weighted by Gasteiger charge is -2.34. The SMILES string of the molecule is Nc1ccnc(CN2c3cccc(C4CC4)c3CN(S(=O)(=O)C(F)(F)F)C[C@H]2CCc2ccc(F)cc2)c1. The first kappa shape index (κ1) is 26.4. The lowest BCUT2D eigenvalue weighted by atomic mass is 9.99. The number of hydrogen-bond acceptors (Lipinski definition) is 5. The van der Waals surface area contributed by atoms with E-state index < -0.39 is 21.6 Å². The second-order valence-electron chi connectivity index (χ2n) is 9.89. The van der Waals surface area contributed by atoms with E-state index in [0.717, 1.165) is 24.0 Å². The Labute approximate surface area is 219 Å². The van der Waals surface area contributed by atoms with Crippen LogP contribution >= 0.6 is 0 Å². The molecular weight excluding hydrogens is 520 g/mol. The van der Waals surface area contributed by atoms with Crippen LogP contribution < -0.4 is 10.6 Å². The number of nitrogens with two attached hydrogens (primary N) is 1. The fourth-order valence-corrected chi connectivity index (χ4v) is 6.07. The Balaban J connectivity index is 1.60. The van der Waals surface area contributed by atoms with Crippen molar-refractivity contribution in [2.75, 3.05) is 17.2 Å². The van der Waals surface area contributed by atoms with Crippen molar-refractivity contribution in [1.82, 2.24) is 9.29 Å². The number of aryl methyl sites for hydroxylation is 1. The molecule has 1 aliphatic heterocycles. The molecule has 6 nitrogen and oxygen atoms in total. The van der Waals surface area contributed by atoms with Gasteiger partial charge in [-0.05, 0) is 78.6 Å². The van der Waals surface area contributed by atoms with Gasteiger partial charge < -0.3 is 10.6 Å². The van der Waals surface area contributed by atoms with Gasteiger partial charge in [0.05, 0.1) is 12.2 Å². The zero-order valence-corrected chi connectivity index (χ0v) is 21.4. The van der Waals surface area contributed by atoms with E-state index in [1.54, 1.807) is 30.5 Å². The van der Waals surface area contributed by atoms with Crippen LogP contribution in [0.1, 0.15) is 47.6 Å². The van der Waals surface area contributed by atoms with Gasteiger partial charge in [0, 0.05) is 36.7 Å². The largest absolute Gasteiger partial charge is 0.511 e. The smallest absolute Gasteiger partial charge is 0.399 e. The summed E-state index contributed by atoms with van der Waals surface area (Å²) in [5, 5.41) is 0. The molecular formula is C27H28F4N4O2S. The third kappa shape index (κ3) is 5.49. The average Bonchev–Trinajstić information content (AvgIpc) is 3.71. The zero-order chi connectivity index (χ0) is 27.1. The summed E-state index contributed by atoms with van der Waals surface area (Å²) in [5.74, 6) is -0.190. The van der Waals surface area contributed by atoms with Gasteiger partial charge >= 0.3 is 15.5 Å². The first-order valence-electron chi connectivity index (χ1n) is 12.4. The molecule has 1 atom stereocenters. The Hall–Kier alpha value is -3.18. The third-order valence-corrected chi connectivity index (χ3v) is 8.73. The van der Waals surface area contributed by atoms with Crippen molar-refractivity contribution in [1.29, 1.82) is 0 Å². The summed E-state index contributed by atoms with van der Waals surface area (Å²) in [6.45, 7) is -0.484. The molecule has 11 heteroatoms. The van der Waals surface area contributed by atoms with Gasteiger partial charge in [-0.25, -0.2) is 12.8 Å². The van der Waals surface area contributed by atoms with Gasteiger partial charge in [0.25, 0.3) is 0 Å². The van der Waals surface area contributed by atoms with Crippen LogP contribution in [0.4, 0.5) is 28.9 Å². The minimum Gasteiger partial charge on any atom is -0.399 e. The summed E-state index contributed by atoms with van der Waals surface area (Å²) in [7, 11) is -5.59. The highest BCUT2D eigenvalue weighted by molar-refractivity contribution is 7.89. The Bertz CT molecular complexity index is 1410. The normalized spacial score (nSPS) is 18.7. The molecule has 2 aliphatic rings. The Morgan fingerprint density at radius 1 is 1.05 bits per heavy atom. The highest BCUT2D eigenvalue weighted by Crippen LogP contribution is 2.46. The minimum atomic E-state index is -5.59. The summed E-state index contributed by atoms with van der Waals surface area (Å²) >= 11 is 0. The first-order chi connectivity index (χ1) is 18.0. The molecule has 3 aromatic rings. The molecule has 1 fully saturated rings. The molecule has 0 amide bonds.